The van der Waals surface area contributed by atoms with Crippen LogP contribution in [0.1, 0.15) is 57.5 Å². The first-order valence-corrected chi connectivity index (χ1v) is 11.1. The molecule has 0 radical (unpaired) electrons. The number of esters is 1. The van der Waals surface area contributed by atoms with E-state index in [1.54, 1.807) is 0 Å². The zero-order chi connectivity index (χ0) is 21.8. The molecule has 162 valence electrons. The number of aromatic nitrogens is 4. The molecule has 1 saturated heterocycles. The molecule has 0 spiro atoms. The van der Waals surface area contributed by atoms with Crippen LogP contribution in [0.2, 0.25) is 0 Å². The number of carbonyl (C=O) groups excluding carboxylic acids is 1. The molecule has 1 fully saturated rings. The Morgan fingerprint density at radius 3 is 2.81 bits per heavy atom. The van der Waals surface area contributed by atoms with Gasteiger partial charge in [0.25, 0.3) is 0 Å². The molecule has 1 aliphatic carbocycles. The van der Waals surface area contributed by atoms with Gasteiger partial charge in [-0.25, -0.2) is 9.97 Å². The number of carbonyl (C=O) groups is 1. The highest BCUT2D eigenvalue weighted by Crippen LogP contribution is 2.35. The van der Waals surface area contributed by atoms with Crippen LogP contribution in [0.5, 0.6) is 0 Å². The van der Waals surface area contributed by atoms with Crippen molar-refractivity contribution >= 4 is 22.8 Å². The Bertz CT molecular complexity index is 1160. The van der Waals surface area contributed by atoms with Crippen molar-refractivity contribution in [2.24, 2.45) is 0 Å². The van der Waals surface area contributed by atoms with Gasteiger partial charge in [-0.05, 0) is 65.5 Å². The Kier molecular flexibility index (Phi) is 4.72. The van der Waals surface area contributed by atoms with Gasteiger partial charge >= 0.3 is 5.97 Å². The van der Waals surface area contributed by atoms with Gasteiger partial charge in [0.15, 0.2) is 0 Å². The van der Waals surface area contributed by atoms with E-state index < -0.39 is 5.60 Å². The Labute approximate surface area is 182 Å². The van der Waals surface area contributed by atoms with Gasteiger partial charge in [0, 0.05) is 34.8 Å². The monoisotopic (exact) mass is 419 g/mol. The van der Waals surface area contributed by atoms with E-state index >= 15 is 0 Å². The van der Waals surface area contributed by atoms with Gasteiger partial charge in [-0.1, -0.05) is 6.07 Å². The average Bonchev–Trinajstić information content (AvgIpc) is 3.31. The zero-order valence-corrected chi connectivity index (χ0v) is 18.7. The highest BCUT2D eigenvalue weighted by molar-refractivity contribution is 5.89. The predicted molar refractivity (Wildman–Crippen MR) is 120 cm³/mol. The molecule has 0 bridgehead atoms. The molecule has 1 atom stereocenters. The summed E-state index contributed by atoms with van der Waals surface area (Å²) in [6.45, 7) is 8.86. The number of hydrogen-bond donors (Lipinski definition) is 1. The first kappa shape index (κ1) is 20.0. The van der Waals surface area contributed by atoms with E-state index in [4.69, 9.17) is 14.7 Å². The van der Waals surface area contributed by atoms with Crippen molar-refractivity contribution in [3.8, 4) is 11.3 Å². The van der Waals surface area contributed by atoms with Gasteiger partial charge in [-0.15, -0.1) is 0 Å². The van der Waals surface area contributed by atoms with Gasteiger partial charge in [0.05, 0.1) is 23.3 Å². The first-order chi connectivity index (χ1) is 14.8. The molecule has 2 aliphatic rings. The number of hydrogen-bond acceptors (Lipinski definition) is 6. The van der Waals surface area contributed by atoms with E-state index in [0.29, 0.717) is 11.7 Å². The zero-order valence-electron chi connectivity index (χ0n) is 18.7. The molecule has 7 heteroatoms. The minimum Gasteiger partial charge on any atom is -0.460 e. The van der Waals surface area contributed by atoms with E-state index in [-0.39, 0.29) is 12.4 Å². The molecule has 0 amide bonds. The summed E-state index contributed by atoms with van der Waals surface area (Å²) >= 11 is 0. The average molecular weight is 420 g/mol. The summed E-state index contributed by atoms with van der Waals surface area (Å²) in [6.07, 6.45) is 4.46. The van der Waals surface area contributed by atoms with Crippen molar-refractivity contribution in [3.63, 3.8) is 0 Å². The largest absolute Gasteiger partial charge is 0.460 e. The fourth-order valence-electron chi connectivity index (χ4n) is 4.46. The lowest BCUT2D eigenvalue weighted by atomic mass is 10.0. The molecule has 2 aromatic heterocycles. The summed E-state index contributed by atoms with van der Waals surface area (Å²) in [7, 11) is 0. The Morgan fingerprint density at radius 1 is 1.26 bits per heavy atom. The molecule has 1 aliphatic heterocycles. The second-order valence-corrected chi connectivity index (χ2v) is 9.68. The smallest absolute Gasteiger partial charge is 0.312 e. The van der Waals surface area contributed by atoms with Crippen LogP contribution in [-0.4, -0.2) is 44.3 Å². The SMILES string of the molecule is C[C@H]1CCN1c1nc2c(c(-c3ccc4[nH]nc(CC(=O)OC(C)(C)C)c4c3)n1)CCC2. The third-order valence-electron chi connectivity index (χ3n) is 6.15. The van der Waals surface area contributed by atoms with Crippen LogP contribution in [0.15, 0.2) is 18.2 Å². The second kappa shape index (κ2) is 7.32. The molecule has 7 nitrogen and oxygen atoms in total. The molecule has 0 unspecified atom stereocenters. The van der Waals surface area contributed by atoms with Crippen molar-refractivity contribution in [2.45, 2.75) is 71.4 Å². The fraction of sp³-hybridized carbons (Fsp3) is 0.500. The van der Waals surface area contributed by atoms with E-state index in [2.05, 4.69) is 34.2 Å². The summed E-state index contributed by atoms with van der Waals surface area (Å²) in [5.74, 6) is 0.568. The van der Waals surface area contributed by atoms with Gasteiger partial charge < -0.3 is 9.64 Å². The number of H-pyrrole nitrogens is 1. The quantitative estimate of drug-likeness (QED) is 0.644. The van der Waals surface area contributed by atoms with Crippen molar-refractivity contribution in [2.75, 3.05) is 11.4 Å². The van der Waals surface area contributed by atoms with E-state index in [0.717, 1.165) is 53.9 Å². The van der Waals surface area contributed by atoms with E-state index in [1.165, 1.54) is 17.7 Å². The van der Waals surface area contributed by atoms with Crippen molar-refractivity contribution in [1.29, 1.82) is 0 Å². The van der Waals surface area contributed by atoms with Crippen LogP contribution in [-0.2, 0) is 28.8 Å². The van der Waals surface area contributed by atoms with Crippen LogP contribution in [0.3, 0.4) is 0 Å². The summed E-state index contributed by atoms with van der Waals surface area (Å²) < 4.78 is 5.49. The summed E-state index contributed by atoms with van der Waals surface area (Å²) in [4.78, 5) is 24.5. The number of anilines is 1. The molecule has 5 rings (SSSR count). The number of rotatable bonds is 4. The Balaban J connectivity index is 1.53. The summed E-state index contributed by atoms with van der Waals surface area (Å²) in [5, 5.41) is 8.36. The predicted octanol–water partition coefficient (Wildman–Crippen LogP) is 3.99. The first-order valence-electron chi connectivity index (χ1n) is 11.1. The topological polar surface area (TPSA) is 84.0 Å². The normalized spacial score (nSPS) is 18.2. The third-order valence-corrected chi connectivity index (χ3v) is 6.15. The number of ether oxygens (including phenoxy) is 1. The standard InChI is InChI=1S/C24H29N5O2/c1-14-10-11-29(14)23-25-18-7-5-6-16(18)22(26-23)15-8-9-19-17(12-15)20(28-27-19)13-21(30)31-24(2,3)4/h8-9,12,14H,5-7,10-11,13H2,1-4H3,(H,27,28)/t14-/m0/s1. The van der Waals surface area contributed by atoms with Crippen LogP contribution >= 0.6 is 0 Å². The molecule has 31 heavy (non-hydrogen) atoms. The maximum absolute atomic E-state index is 12.4. The molecule has 3 heterocycles. The van der Waals surface area contributed by atoms with Crippen molar-refractivity contribution in [1.82, 2.24) is 20.2 Å². The minimum absolute atomic E-state index is 0.138. The highest BCUT2D eigenvalue weighted by atomic mass is 16.6. The molecular weight excluding hydrogens is 390 g/mol. The number of aromatic amines is 1. The Hall–Kier alpha value is -2.96. The van der Waals surface area contributed by atoms with Crippen LogP contribution in [0.4, 0.5) is 5.95 Å². The molecular formula is C24H29N5O2. The van der Waals surface area contributed by atoms with E-state index in [1.807, 2.05) is 26.8 Å². The molecule has 3 aromatic rings. The van der Waals surface area contributed by atoms with Gasteiger partial charge in [0.2, 0.25) is 5.95 Å². The van der Waals surface area contributed by atoms with Gasteiger partial charge in [0.1, 0.15) is 5.60 Å². The summed E-state index contributed by atoms with van der Waals surface area (Å²) in [5.41, 5.74) is 5.60. The summed E-state index contributed by atoms with van der Waals surface area (Å²) in [6, 6.07) is 6.69. The number of benzene rings is 1. The number of nitrogens with one attached hydrogen (secondary N) is 1. The fourth-order valence-corrected chi connectivity index (χ4v) is 4.46. The van der Waals surface area contributed by atoms with Crippen molar-refractivity contribution in [3.05, 3.63) is 35.2 Å². The van der Waals surface area contributed by atoms with Gasteiger partial charge in [-0.3, -0.25) is 9.89 Å². The highest BCUT2D eigenvalue weighted by Gasteiger charge is 2.29. The molecule has 1 N–H and O–H groups in total. The number of fused-ring (bicyclic) bond motifs is 2. The lowest BCUT2D eigenvalue weighted by Crippen LogP contribution is -2.46. The third kappa shape index (κ3) is 3.77. The van der Waals surface area contributed by atoms with Gasteiger partial charge in [-0.2, -0.15) is 5.10 Å². The molecule has 1 aromatic carbocycles. The van der Waals surface area contributed by atoms with Crippen LogP contribution in [0.25, 0.3) is 22.2 Å². The second-order valence-electron chi connectivity index (χ2n) is 9.68. The van der Waals surface area contributed by atoms with Crippen molar-refractivity contribution < 1.29 is 9.53 Å². The number of nitrogens with zero attached hydrogens (tertiary/aromatic N) is 4. The van der Waals surface area contributed by atoms with Crippen LogP contribution in [0, 0.1) is 0 Å². The number of aryl methyl sites for hydroxylation is 1. The Morgan fingerprint density at radius 2 is 2.10 bits per heavy atom. The molecule has 0 saturated carbocycles. The maximum Gasteiger partial charge on any atom is 0.312 e. The van der Waals surface area contributed by atoms with Crippen LogP contribution < -0.4 is 4.90 Å². The lowest BCUT2D eigenvalue weighted by Gasteiger charge is -2.39. The maximum atomic E-state index is 12.4. The van der Waals surface area contributed by atoms with E-state index in [9.17, 15) is 4.79 Å². The minimum atomic E-state index is -0.514. The lowest BCUT2D eigenvalue weighted by molar-refractivity contribution is -0.153.